The molecule has 2 aliphatic carbocycles. The van der Waals surface area contributed by atoms with Crippen LogP contribution in [0.1, 0.15) is 24.0 Å². The molecule has 5 atom stereocenters. The molecule has 1 aromatic carbocycles. The van der Waals surface area contributed by atoms with E-state index in [2.05, 4.69) is 4.90 Å². The number of carbonyl (C=O) groups is 1. The van der Waals surface area contributed by atoms with E-state index in [9.17, 15) is 20.1 Å². The summed E-state index contributed by atoms with van der Waals surface area (Å²) < 4.78 is 5.88. The number of phenols is 1. The summed E-state index contributed by atoms with van der Waals surface area (Å²) in [5, 5.41) is 32.5. The van der Waals surface area contributed by atoms with E-state index in [1.807, 2.05) is 13.1 Å². The van der Waals surface area contributed by atoms with E-state index in [-0.39, 0.29) is 24.0 Å². The van der Waals surface area contributed by atoms with Crippen LogP contribution in [0.5, 0.6) is 11.5 Å². The Labute approximate surface area is 133 Å². The predicted molar refractivity (Wildman–Crippen MR) is 79.5 cm³/mol. The number of aliphatic hydroxyl groups is 2. The van der Waals surface area contributed by atoms with Crippen molar-refractivity contribution in [1.82, 2.24) is 4.90 Å². The fourth-order valence-electron chi connectivity index (χ4n) is 5.58. The van der Waals surface area contributed by atoms with Crippen LogP contribution in [0.25, 0.3) is 0 Å². The highest BCUT2D eigenvalue weighted by atomic mass is 16.5. The van der Waals surface area contributed by atoms with Crippen molar-refractivity contribution in [2.24, 2.45) is 0 Å². The number of ketones is 1. The Hall–Kier alpha value is -1.63. The largest absolute Gasteiger partial charge is 0.504 e. The molecule has 2 aliphatic heterocycles. The van der Waals surface area contributed by atoms with Crippen LogP contribution >= 0.6 is 0 Å². The van der Waals surface area contributed by atoms with Crippen LogP contribution in [-0.2, 0) is 16.6 Å². The molecule has 1 spiro atoms. The first kappa shape index (κ1) is 13.8. The van der Waals surface area contributed by atoms with E-state index in [1.54, 1.807) is 6.07 Å². The second-order valence-corrected chi connectivity index (χ2v) is 7.38. The number of carbonyl (C=O) groups excluding carboxylic acids is 1. The molecule has 1 saturated heterocycles. The number of rotatable bonds is 0. The average Bonchev–Trinajstić information content (AvgIpc) is 2.86. The molecule has 5 rings (SSSR count). The number of benzene rings is 1. The van der Waals surface area contributed by atoms with Gasteiger partial charge in [-0.15, -0.1) is 0 Å². The SMILES string of the molecule is CN1CCC23c4c5ccc(O)c4O[C@H]2C(=O)CC(O)C3(O)[C@H]1C5. The van der Waals surface area contributed by atoms with Gasteiger partial charge in [0, 0.05) is 18.0 Å². The third kappa shape index (κ3) is 1.24. The van der Waals surface area contributed by atoms with E-state index in [0.717, 1.165) is 11.1 Å². The molecule has 23 heavy (non-hydrogen) atoms. The van der Waals surface area contributed by atoms with Gasteiger partial charge in [0.25, 0.3) is 0 Å². The summed E-state index contributed by atoms with van der Waals surface area (Å²) in [6.45, 7) is 0.710. The van der Waals surface area contributed by atoms with Crippen molar-refractivity contribution in [3.05, 3.63) is 23.3 Å². The number of nitrogens with zero attached hydrogens (tertiary/aromatic N) is 1. The van der Waals surface area contributed by atoms with Gasteiger partial charge in [-0.3, -0.25) is 4.79 Å². The number of Topliss-reactive ketones (excluding diaryl/α,β-unsaturated/α-hetero) is 1. The third-order valence-corrected chi connectivity index (χ3v) is 6.57. The van der Waals surface area contributed by atoms with Gasteiger partial charge in [-0.05, 0) is 38.1 Å². The number of aliphatic hydroxyl groups excluding tert-OH is 1. The number of ether oxygens (including phenoxy) is 1. The van der Waals surface area contributed by atoms with Crippen molar-refractivity contribution in [3.8, 4) is 11.5 Å². The van der Waals surface area contributed by atoms with Gasteiger partial charge in [0.15, 0.2) is 23.4 Å². The van der Waals surface area contributed by atoms with E-state index in [0.29, 0.717) is 25.1 Å². The van der Waals surface area contributed by atoms with Gasteiger partial charge in [0.2, 0.25) is 0 Å². The zero-order chi connectivity index (χ0) is 16.1. The lowest BCUT2D eigenvalue weighted by atomic mass is 9.48. The van der Waals surface area contributed by atoms with Gasteiger partial charge in [-0.25, -0.2) is 0 Å². The normalized spacial score (nSPS) is 44.0. The molecule has 6 nitrogen and oxygen atoms in total. The van der Waals surface area contributed by atoms with Crippen LogP contribution in [0.4, 0.5) is 0 Å². The number of likely N-dealkylation sites (N-methyl/N-ethyl adjacent to an activating group) is 1. The van der Waals surface area contributed by atoms with Gasteiger partial charge in [-0.1, -0.05) is 6.07 Å². The van der Waals surface area contributed by atoms with E-state index in [4.69, 9.17) is 4.74 Å². The van der Waals surface area contributed by atoms with Crippen LogP contribution < -0.4 is 4.74 Å². The minimum atomic E-state index is -1.44. The van der Waals surface area contributed by atoms with Crippen molar-refractivity contribution in [2.45, 2.75) is 48.5 Å². The van der Waals surface area contributed by atoms with Crippen molar-refractivity contribution < 1.29 is 24.9 Å². The number of phenolic OH excluding ortho intramolecular Hbond substituents is 1. The molecule has 1 aromatic rings. The Bertz CT molecular complexity index is 749. The summed E-state index contributed by atoms with van der Waals surface area (Å²) in [6.07, 6.45) is -0.970. The summed E-state index contributed by atoms with van der Waals surface area (Å²) in [5.41, 5.74) is -0.671. The molecule has 0 radical (unpaired) electrons. The number of hydrogen-bond acceptors (Lipinski definition) is 6. The average molecular weight is 317 g/mol. The summed E-state index contributed by atoms with van der Waals surface area (Å²) >= 11 is 0. The quantitative estimate of drug-likeness (QED) is 0.609. The monoisotopic (exact) mass is 317 g/mol. The van der Waals surface area contributed by atoms with E-state index < -0.39 is 23.2 Å². The molecule has 0 aromatic heterocycles. The topological polar surface area (TPSA) is 90.2 Å². The fraction of sp³-hybridized carbons (Fsp3) is 0.588. The lowest BCUT2D eigenvalue weighted by Gasteiger charge is -2.63. The summed E-state index contributed by atoms with van der Waals surface area (Å²) in [4.78, 5) is 14.6. The van der Waals surface area contributed by atoms with Gasteiger partial charge in [0.05, 0.1) is 11.5 Å². The zero-order valence-corrected chi connectivity index (χ0v) is 12.8. The van der Waals surface area contributed by atoms with Gasteiger partial charge in [0.1, 0.15) is 5.60 Å². The molecule has 4 aliphatic rings. The van der Waals surface area contributed by atoms with Crippen LogP contribution in [0.2, 0.25) is 0 Å². The molecule has 2 bridgehead atoms. The first-order valence-electron chi connectivity index (χ1n) is 8.06. The van der Waals surface area contributed by atoms with Crippen molar-refractivity contribution in [3.63, 3.8) is 0 Å². The Morgan fingerprint density at radius 1 is 1.35 bits per heavy atom. The Balaban J connectivity index is 1.89. The van der Waals surface area contributed by atoms with E-state index >= 15 is 0 Å². The predicted octanol–water partition coefficient (Wildman–Crippen LogP) is -0.284. The molecule has 3 N–H and O–H groups in total. The van der Waals surface area contributed by atoms with Crippen LogP contribution in [0.15, 0.2) is 12.1 Å². The second kappa shape index (κ2) is 3.88. The fourth-order valence-corrected chi connectivity index (χ4v) is 5.58. The molecule has 0 amide bonds. The number of hydrogen-bond donors (Lipinski definition) is 3. The van der Waals surface area contributed by atoms with Gasteiger partial charge < -0.3 is 25.0 Å². The van der Waals surface area contributed by atoms with Gasteiger partial charge in [-0.2, -0.15) is 0 Å². The van der Waals surface area contributed by atoms with Gasteiger partial charge >= 0.3 is 0 Å². The molecular weight excluding hydrogens is 298 g/mol. The molecular formula is C17H19NO5. The molecule has 3 unspecified atom stereocenters. The highest BCUT2D eigenvalue weighted by molar-refractivity contribution is 5.90. The molecule has 122 valence electrons. The third-order valence-electron chi connectivity index (χ3n) is 6.57. The molecule has 6 heteroatoms. The first-order valence-corrected chi connectivity index (χ1v) is 8.06. The minimum absolute atomic E-state index is 0.00505. The maximum Gasteiger partial charge on any atom is 0.177 e. The van der Waals surface area contributed by atoms with Crippen LogP contribution in [0.3, 0.4) is 0 Å². The number of aromatic hydroxyl groups is 1. The molecule has 2 heterocycles. The second-order valence-electron chi connectivity index (χ2n) is 7.38. The lowest BCUT2D eigenvalue weighted by Crippen LogP contribution is -2.80. The summed E-state index contributed by atoms with van der Waals surface area (Å²) in [7, 11) is 1.94. The minimum Gasteiger partial charge on any atom is -0.504 e. The Morgan fingerprint density at radius 2 is 2.13 bits per heavy atom. The van der Waals surface area contributed by atoms with Crippen LogP contribution in [-0.4, -0.2) is 63.4 Å². The summed E-state index contributed by atoms with van der Waals surface area (Å²) in [6, 6.07) is 3.16. The maximum atomic E-state index is 12.6. The highest BCUT2D eigenvalue weighted by Crippen LogP contribution is 2.64. The standard InChI is InChI=1S/C17H19NO5/c1-18-5-4-16-13-8-2-3-9(19)14(13)23-15(16)10(20)7-12(21)17(16,22)11(18)6-8/h2-3,11-12,15,19,21-22H,4-7H2,1H3/t11-,12?,15+,16?,17?/m1/s1. The molecule has 1 saturated carbocycles. The van der Waals surface area contributed by atoms with Crippen molar-refractivity contribution in [2.75, 3.05) is 13.6 Å². The van der Waals surface area contributed by atoms with Crippen molar-refractivity contribution >= 4 is 5.78 Å². The number of likely N-dealkylation sites (tertiary alicyclic amines) is 1. The lowest BCUT2D eigenvalue weighted by molar-refractivity contribution is -0.226. The van der Waals surface area contributed by atoms with E-state index in [1.165, 1.54) is 0 Å². The first-order chi connectivity index (χ1) is 10.9. The number of piperidine rings is 1. The summed E-state index contributed by atoms with van der Waals surface area (Å²) in [5.74, 6) is 0.111. The Kier molecular flexibility index (Phi) is 2.33. The smallest absolute Gasteiger partial charge is 0.177 e. The molecule has 2 fully saturated rings. The van der Waals surface area contributed by atoms with Crippen LogP contribution in [0, 0.1) is 0 Å². The zero-order valence-electron chi connectivity index (χ0n) is 12.8. The maximum absolute atomic E-state index is 12.6. The Morgan fingerprint density at radius 3 is 2.91 bits per heavy atom. The van der Waals surface area contributed by atoms with Crippen molar-refractivity contribution in [1.29, 1.82) is 0 Å². The highest BCUT2D eigenvalue weighted by Gasteiger charge is 2.75.